The zero-order valence-electron chi connectivity index (χ0n) is 20.8. The molecule has 0 aliphatic heterocycles. The predicted molar refractivity (Wildman–Crippen MR) is 138 cm³/mol. The minimum atomic E-state index is -0.325. The van der Waals surface area contributed by atoms with Crippen molar-refractivity contribution in [1.82, 2.24) is 29.4 Å². The van der Waals surface area contributed by atoms with Crippen molar-refractivity contribution in [2.24, 2.45) is 5.73 Å². The van der Waals surface area contributed by atoms with Crippen LogP contribution in [0, 0.1) is 6.92 Å². The topological polar surface area (TPSA) is 167 Å². The van der Waals surface area contributed by atoms with Crippen molar-refractivity contribution in [2.75, 3.05) is 32.5 Å². The molecular weight excluding hydrogens is 476 g/mol. The molecule has 0 aliphatic rings. The molecule has 0 fully saturated rings. The first-order valence-electron chi connectivity index (χ1n) is 11.8. The lowest BCUT2D eigenvalue weighted by molar-refractivity contribution is -0.131. The molecule has 1 aromatic carbocycles. The van der Waals surface area contributed by atoms with Gasteiger partial charge in [0.1, 0.15) is 17.1 Å². The number of aromatic nitrogens is 5. The Hall–Kier alpha value is -4.29. The van der Waals surface area contributed by atoms with Crippen LogP contribution in [0.4, 0.5) is 5.82 Å². The summed E-state index contributed by atoms with van der Waals surface area (Å²) in [5, 5.41) is 0. The summed E-state index contributed by atoms with van der Waals surface area (Å²) in [4.78, 5) is 41.8. The lowest BCUT2D eigenvalue weighted by Crippen LogP contribution is -2.27. The van der Waals surface area contributed by atoms with Gasteiger partial charge < -0.3 is 30.8 Å². The third-order valence-corrected chi connectivity index (χ3v) is 5.61. The van der Waals surface area contributed by atoms with E-state index >= 15 is 0 Å². The zero-order chi connectivity index (χ0) is 26.4. The first-order valence-corrected chi connectivity index (χ1v) is 11.8. The van der Waals surface area contributed by atoms with Crippen molar-refractivity contribution in [1.29, 1.82) is 0 Å². The molecule has 1 amide bonds. The predicted octanol–water partition coefficient (Wildman–Crippen LogP) is 1.57. The van der Waals surface area contributed by atoms with Crippen LogP contribution in [0.5, 0.6) is 11.6 Å². The lowest BCUT2D eigenvalue weighted by Gasteiger charge is -2.17. The molecule has 5 N–H and O–H groups in total. The summed E-state index contributed by atoms with van der Waals surface area (Å²) < 4.78 is 12.6. The molecule has 3 aromatic heterocycles. The van der Waals surface area contributed by atoms with Gasteiger partial charge in [0.05, 0.1) is 26.2 Å². The minimum Gasteiger partial charge on any atom is -0.439 e. The van der Waals surface area contributed by atoms with Crippen LogP contribution in [-0.4, -0.2) is 62.1 Å². The van der Waals surface area contributed by atoms with E-state index in [0.29, 0.717) is 61.3 Å². The number of nitrogens with zero attached hydrogens (tertiary/aromatic N) is 5. The summed E-state index contributed by atoms with van der Waals surface area (Å²) in [6, 6.07) is 11.0. The summed E-state index contributed by atoms with van der Waals surface area (Å²) in [5.74, 6) is 1.75. The van der Waals surface area contributed by atoms with Crippen molar-refractivity contribution in [3.05, 3.63) is 70.0 Å². The number of anilines is 1. The van der Waals surface area contributed by atoms with Crippen LogP contribution < -0.4 is 21.9 Å². The molecule has 0 saturated heterocycles. The number of carbonyl (C=O) groups excluding carboxylic acids is 1. The molecule has 4 rings (SSSR count). The average molecular weight is 507 g/mol. The van der Waals surface area contributed by atoms with E-state index in [9.17, 15) is 9.59 Å². The molecule has 0 radical (unpaired) electrons. The highest BCUT2D eigenvalue weighted by Gasteiger charge is 2.13. The van der Waals surface area contributed by atoms with Gasteiger partial charge in [-0.25, -0.2) is 19.7 Å². The van der Waals surface area contributed by atoms with Crippen LogP contribution >= 0.6 is 0 Å². The fraction of sp³-hybridized carbons (Fsp3) is 0.320. The van der Waals surface area contributed by atoms with Crippen LogP contribution in [-0.2, 0) is 22.6 Å². The van der Waals surface area contributed by atoms with Gasteiger partial charge in [0.25, 0.3) is 0 Å². The number of aryl methyl sites for hydroxylation is 1. The second kappa shape index (κ2) is 11.6. The van der Waals surface area contributed by atoms with Crippen molar-refractivity contribution < 1.29 is 14.3 Å². The van der Waals surface area contributed by atoms with Gasteiger partial charge in [0.2, 0.25) is 11.8 Å². The Kier molecular flexibility index (Phi) is 8.11. The van der Waals surface area contributed by atoms with Crippen LogP contribution in [0.2, 0.25) is 0 Å². The number of amides is 1. The highest BCUT2D eigenvalue weighted by molar-refractivity contribution is 5.81. The first-order chi connectivity index (χ1) is 17.8. The number of nitrogens with one attached hydrogen (secondary N) is 1. The Bertz CT molecular complexity index is 1410. The molecule has 0 spiro atoms. The lowest BCUT2D eigenvalue weighted by atomic mass is 10.2. The number of hydrogen-bond donors (Lipinski definition) is 3. The van der Waals surface area contributed by atoms with Gasteiger partial charge in [-0.2, -0.15) is 0 Å². The van der Waals surface area contributed by atoms with Crippen molar-refractivity contribution >= 4 is 22.9 Å². The Balaban J connectivity index is 1.34. The van der Waals surface area contributed by atoms with Crippen molar-refractivity contribution in [3.63, 3.8) is 0 Å². The SMILES string of the molecule is Cc1nc(N)c2[nH]c(=O)n(Cc3ccc(Oc4ccc(CN(C)C(=O)CCOCCN)cc4)nc3)c2n1. The number of fused-ring (bicyclic) bond motifs is 1. The van der Waals surface area contributed by atoms with Crippen LogP contribution in [0.1, 0.15) is 23.4 Å². The summed E-state index contributed by atoms with van der Waals surface area (Å²) >= 11 is 0. The number of nitrogen functional groups attached to an aromatic ring is 1. The number of ether oxygens (including phenoxy) is 2. The van der Waals surface area contributed by atoms with E-state index in [1.165, 1.54) is 4.57 Å². The Morgan fingerprint density at radius 1 is 1.11 bits per heavy atom. The maximum absolute atomic E-state index is 12.4. The second-order valence-corrected chi connectivity index (χ2v) is 8.52. The monoisotopic (exact) mass is 506 g/mol. The van der Waals surface area contributed by atoms with Crippen molar-refractivity contribution in [3.8, 4) is 11.6 Å². The number of H-pyrrole nitrogens is 1. The highest BCUT2D eigenvalue weighted by atomic mass is 16.5. The number of benzene rings is 1. The van der Waals surface area contributed by atoms with Crippen molar-refractivity contribution in [2.45, 2.75) is 26.4 Å². The molecule has 4 aromatic rings. The number of hydrogen-bond acceptors (Lipinski definition) is 9. The van der Waals surface area contributed by atoms with E-state index in [1.54, 1.807) is 31.1 Å². The molecule has 0 saturated carbocycles. The van der Waals surface area contributed by atoms with E-state index in [0.717, 1.165) is 11.1 Å². The molecule has 194 valence electrons. The van der Waals surface area contributed by atoms with Gasteiger partial charge in [0.15, 0.2) is 11.5 Å². The van der Waals surface area contributed by atoms with Gasteiger partial charge in [-0.15, -0.1) is 0 Å². The second-order valence-electron chi connectivity index (χ2n) is 8.52. The average Bonchev–Trinajstić information content (AvgIpc) is 3.19. The molecular formula is C25H30N8O4. The van der Waals surface area contributed by atoms with Crippen LogP contribution in [0.15, 0.2) is 47.4 Å². The minimum absolute atomic E-state index is 0.00240. The highest BCUT2D eigenvalue weighted by Crippen LogP contribution is 2.21. The normalized spacial score (nSPS) is 11.1. The third-order valence-electron chi connectivity index (χ3n) is 5.61. The molecule has 0 atom stereocenters. The molecule has 12 nitrogen and oxygen atoms in total. The number of aromatic amines is 1. The number of imidazole rings is 1. The van der Waals surface area contributed by atoms with Crippen LogP contribution in [0.3, 0.4) is 0 Å². The molecule has 12 heteroatoms. The van der Waals surface area contributed by atoms with E-state index in [4.69, 9.17) is 20.9 Å². The fourth-order valence-corrected chi connectivity index (χ4v) is 3.74. The molecule has 37 heavy (non-hydrogen) atoms. The molecule has 0 bridgehead atoms. The molecule has 0 aliphatic carbocycles. The van der Waals surface area contributed by atoms with Crippen LogP contribution in [0.25, 0.3) is 11.2 Å². The zero-order valence-corrected chi connectivity index (χ0v) is 20.8. The van der Waals surface area contributed by atoms with E-state index in [1.807, 2.05) is 30.3 Å². The summed E-state index contributed by atoms with van der Waals surface area (Å²) in [6.07, 6.45) is 1.96. The Labute approximate surface area is 213 Å². The van der Waals surface area contributed by atoms with Gasteiger partial charge in [-0.1, -0.05) is 18.2 Å². The van der Waals surface area contributed by atoms with E-state index in [2.05, 4.69) is 19.9 Å². The maximum Gasteiger partial charge on any atom is 0.328 e. The Morgan fingerprint density at radius 2 is 1.86 bits per heavy atom. The van der Waals surface area contributed by atoms with Gasteiger partial charge >= 0.3 is 5.69 Å². The summed E-state index contributed by atoms with van der Waals surface area (Å²) in [6.45, 7) is 3.71. The number of pyridine rings is 1. The quantitative estimate of drug-likeness (QED) is 0.256. The summed E-state index contributed by atoms with van der Waals surface area (Å²) in [5.41, 5.74) is 13.6. The number of rotatable bonds is 11. The Morgan fingerprint density at radius 3 is 2.57 bits per heavy atom. The number of carbonyl (C=O) groups is 1. The maximum atomic E-state index is 12.4. The van der Waals surface area contributed by atoms with Gasteiger partial charge in [-0.05, 0) is 30.2 Å². The van der Waals surface area contributed by atoms with E-state index < -0.39 is 0 Å². The molecule has 3 heterocycles. The fourth-order valence-electron chi connectivity index (χ4n) is 3.74. The smallest absolute Gasteiger partial charge is 0.328 e. The summed E-state index contributed by atoms with van der Waals surface area (Å²) in [7, 11) is 1.76. The standard InChI is InChI=1S/C25H30N8O4/c1-16-29-23(27)22-24(30-16)33(25(35)31-22)15-18-5-8-20(28-13-18)37-19-6-3-17(4-7-19)14-32(2)21(34)9-11-36-12-10-26/h3-8,13H,9-12,14-15,26H2,1-2H3,(H,31,35)(H2,27,29,30). The largest absolute Gasteiger partial charge is 0.439 e. The first kappa shape index (κ1) is 25.8. The van der Waals surface area contributed by atoms with Gasteiger partial charge in [0, 0.05) is 32.4 Å². The molecule has 0 unspecified atom stereocenters. The third kappa shape index (κ3) is 6.48. The van der Waals surface area contributed by atoms with Gasteiger partial charge in [-0.3, -0.25) is 9.36 Å². The number of nitrogens with two attached hydrogens (primary N) is 2. The van der Waals surface area contributed by atoms with E-state index in [-0.39, 0.29) is 24.0 Å².